The summed E-state index contributed by atoms with van der Waals surface area (Å²) in [4.78, 5) is 14.4. The minimum absolute atomic E-state index is 0.0204. The van der Waals surface area contributed by atoms with Gasteiger partial charge in [0.1, 0.15) is 5.75 Å². The van der Waals surface area contributed by atoms with Gasteiger partial charge < -0.3 is 10.5 Å². The van der Waals surface area contributed by atoms with E-state index in [0.717, 1.165) is 5.56 Å². The van der Waals surface area contributed by atoms with E-state index in [2.05, 4.69) is 15.5 Å². The van der Waals surface area contributed by atoms with Crippen LogP contribution in [0, 0.1) is 10.1 Å². The van der Waals surface area contributed by atoms with Crippen LogP contribution in [-0.4, -0.2) is 20.7 Å². The number of pyridine rings is 1. The molecule has 1 aromatic carbocycles. The van der Waals surface area contributed by atoms with Crippen molar-refractivity contribution in [3.63, 3.8) is 0 Å². The van der Waals surface area contributed by atoms with Crippen molar-refractivity contribution < 1.29 is 10.0 Å². The molecule has 0 bridgehead atoms. The van der Waals surface area contributed by atoms with Crippen molar-refractivity contribution in [3.05, 3.63) is 64.0 Å². The van der Waals surface area contributed by atoms with Crippen LogP contribution in [0.5, 0.6) is 5.75 Å². The smallest absolute Gasteiger partial charge is 0.270 e. The van der Waals surface area contributed by atoms with Gasteiger partial charge in [-0.2, -0.15) is 5.10 Å². The standard InChI is InChI=1S/C14H12N4O3/c19-14-4-3-10(18(20)21)6-11(14)13-7-12(16-17-13)9-2-1-5-15-8-9/h1-6,8,12,16,19H,7H2/t12-/m1/s1. The maximum atomic E-state index is 10.8. The number of hydrogen-bond donors (Lipinski definition) is 2. The Hall–Kier alpha value is -2.96. The van der Waals surface area contributed by atoms with Crippen LogP contribution >= 0.6 is 0 Å². The summed E-state index contributed by atoms with van der Waals surface area (Å²) in [5, 5.41) is 24.9. The highest BCUT2D eigenvalue weighted by molar-refractivity contribution is 6.04. The Morgan fingerprint density at radius 2 is 2.24 bits per heavy atom. The quantitative estimate of drug-likeness (QED) is 0.664. The van der Waals surface area contributed by atoms with Gasteiger partial charge in [-0.3, -0.25) is 15.1 Å². The largest absolute Gasteiger partial charge is 0.507 e. The number of benzene rings is 1. The Labute approximate surface area is 120 Å². The highest BCUT2D eigenvalue weighted by atomic mass is 16.6. The summed E-state index contributed by atoms with van der Waals surface area (Å²) in [6, 6.07) is 7.62. The number of phenols is 1. The van der Waals surface area contributed by atoms with E-state index >= 15 is 0 Å². The van der Waals surface area contributed by atoms with Crippen LogP contribution in [-0.2, 0) is 0 Å². The van der Waals surface area contributed by atoms with Crippen LogP contribution in [0.1, 0.15) is 23.6 Å². The number of phenolic OH excluding ortho intramolecular Hbond substituents is 1. The van der Waals surface area contributed by atoms with Crippen molar-refractivity contribution in [1.29, 1.82) is 0 Å². The Balaban J connectivity index is 1.86. The monoisotopic (exact) mass is 284 g/mol. The minimum atomic E-state index is -0.496. The van der Waals surface area contributed by atoms with Crippen LogP contribution in [0.4, 0.5) is 5.69 Å². The van der Waals surface area contributed by atoms with Gasteiger partial charge in [0, 0.05) is 36.5 Å². The van der Waals surface area contributed by atoms with Gasteiger partial charge in [-0.05, 0) is 17.7 Å². The first-order valence-electron chi connectivity index (χ1n) is 6.35. The topological polar surface area (TPSA) is 101 Å². The van der Waals surface area contributed by atoms with Crippen molar-refractivity contribution in [3.8, 4) is 5.75 Å². The maximum Gasteiger partial charge on any atom is 0.270 e. The van der Waals surface area contributed by atoms with Crippen LogP contribution < -0.4 is 5.43 Å². The predicted molar refractivity (Wildman–Crippen MR) is 76.0 cm³/mol. The van der Waals surface area contributed by atoms with Gasteiger partial charge in [0.05, 0.1) is 16.7 Å². The van der Waals surface area contributed by atoms with E-state index < -0.39 is 4.92 Å². The summed E-state index contributed by atoms with van der Waals surface area (Å²) in [6.07, 6.45) is 3.95. The normalized spacial score (nSPS) is 17.1. The molecule has 1 aliphatic rings. The lowest BCUT2D eigenvalue weighted by Crippen LogP contribution is -2.10. The van der Waals surface area contributed by atoms with Crippen LogP contribution in [0.25, 0.3) is 0 Å². The molecule has 21 heavy (non-hydrogen) atoms. The Bertz CT molecular complexity index is 715. The second kappa shape index (κ2) is 5.20. The van der Waals surface area contributed by atoms with Gasteiger partial charge in [-0.25, -0.2) is 0 Å². The lowest BCUT2D eigenvalue weighted by Gasteiger charge is -2.09. The molecule has 7 nitrogen and oxygen atoms in total. The molecule has 7 heteroatoms. The Morgan fingerprint density at radius 3 is 2.95 bits per heavy atom. The first kappa shape index (κ1) is 13.0. The number of non-ortho nitro benzene ring substituents is 1. The van der Waals surface area contributed by atoms with Gasteiger partial charge in [0.2, 0.25) is 0 Å². The minimum Gasteiger partial charge on any atom is -0.507 e. The Morgan fingerprint density at radius 1 is 1.38 bits per heavy atom. The SMILES string of the molecule is O=[N+]([O-])c1ccc(O)c(C2=NN[C@@H](c3cccnc3)C2)c1. The number of hydrazone groups is 1. The van der Waals surface area contributed by atoms with Gasteiger partial charge in [0.15, 0.2) is 0 Å². The molecule has 2 aromatic rings. The lowest BCUT2D eigenvalue weighted by molar-refractivity contribution is -0.384. The van der Waals surface area contributed by atoms with E-state index in [0.29, 0.717) is 17.7 Å². The first-order valence-corrected chi connectivity index (χ1v) is 6.35. The zero-order chi connectivity index (χ0) is 14.8. The molecule has 106 valence electrons. The summed E-state index contributed by atoms with van der Waals surface area (Å²) in [7, 11) is 0. The number of nitro benzene ring substituents is 1. The first-order chi connectivity index (χ1) is 10.1. The third kappa shape index (κ3) is 2.53. The zero-order valence-electron chi connectivity index (χ0n) is 10.9. The number of rotatable bonds is 3. The van der Waals surface area contributed by atoms with E-state index in [1.807, 2.05) is 12.1 Å². The van der Waals surface area contributed by atoms with Crippen LogP contribution in [0.2, 0.25) is 0 Å². The number of nitrogens with zero attached hydrogens (tertiary/aromatic N) is 3. The summed E-state index contributed by atoms with van der Waals surface area (Å²) in [6.45, 7) is 0. The van der Waals surface area contributed by atoms with E-state index in [1.165, 1.54) is 18.2 Å². The fraction of sp³-hybridized carbons (Fsp3) is 0.143. The van der Waals surface area contributed by atoms with Crippen molar-refractivity contribution in [1.82, 2.24) is 10.4 Å². The zero-order valence-corrected chi connectivity index (χ0v) is 10.9. The molecule has 1 atom stereocenters. The average molecular weight is 284 g/mol. The summed E-state index contributed by atoms with van der Waals surface area (Å²) in [5.74, 6) is -0.0204. The molecule has 0 unspecified atom stereocenters. The second-order valence-electron chi connectivity index (χ2n) is 4.69. The third-order valence-corrected chi connectivity index (χ3v) is 3.34. The van der Waals surface area contributed by atoms with Crippen molar-refractivity contribution in [2.45, 2.75) is 12.5 Å². The number of nitro groups is 1. The van der Waals surface area contributed by atoms with Gasteiger partial charge in [-0.15, -0.1) is 0 Å². The summed E-state index contributed by atoms with van der Waals surface area (Å²) in [5.41, 5.74) is 4.83. The van der Waals surface area contributed by atoms with Crippen molar-refractivity contribution in [2.75, 3.05) is 0 Å². The number of nitrogens with one attached hydrogen (secondary N) is 1. The molecule has 0 amide bonds. The molecule has 0 spiro atoms. The van der Waals surface area contributed by atoms with Gasteiger partial charge in [0.25, 0.3) is 5.69 Å². The molecule has 0 radical (unpaired) electrons. The van der Waals surface area contributed by atoms with Gasteiger partial charge in [-0.1, -0.05) is 6.07 Å². The fourth-order valence-electron chi connectivity index (χ4n) is 2.25. The van der Waals surface area contributed by atoms with Crippen molar-refractivity contribution >= 4 is 11.4 Å². The van der Waals surface area contributed by atoms with E-state index in [9.17, 15) is 15.2 Å². The molecule has 0 saturated heterocycles. The van der Waals surface area contributed by atoms with Crippen LogP contribution in [0.3, 0.4) is 0 Å². The molecular weight excluding hydrogens is 272 g/mol. The Kier molecular flexibility index (Phi) is 3.23. The van der Waals surface area contributed by atoms with Gasteiger partial charge >= 0.3 is 0 Å². The molecule has 0 saturated carbocycles. The van der Waals surface area contributed by atoms with E-state index in [-0.39, 0.29) is 17.5 Å². The lowest BCUT2D eigenvalue weighted by atomic mass is 9.99. The number of aromatic hydroxyl groups is 1. The molecular formula is C14H12N4O3. The number of aromatic nitrogens is 1. The van der Waals surface area contributed by atoms with E-state index in [4.69, 9.17) is 0 Å². The molecule has 1 aromatic heterocycles. The third-order valence-electron chi connectivity index (χ3n) is 3.34. The fourth-order valence-corrected chi connectivity index (χ4v) is 2.25. The summed E-state index contributed by atoms with van der Waals surface area (Å²) >= 11 is 0. The van der Waals surface area contributed by atoms with Crippen LogP contribution in [0.15, 0.2) is 47.8 Å². The second-order valence-corrected chi connectivity index (χ2v) is 4.69. The highest BCUT2D eigenvalue weighted by Crippen LogP contribution is 2.30. The maximum absolute atomic E-state index is 10.8. The molecule has 3 rings (SSSR count). The molecule has 0 fully saturated rings. The predicted octanol–water partition coefficient (Wildman–Crippen LogP) is 2.13. The summed E-state index contributed by atoms with van der Waals surface area (Å²) < 4.78 is 0. The average Bonchev–Trinajstić information content (AvgIpc) is 2.98. The van der Waals surface area contributed by atoms with Crippen molar-refractivity contribution in [2.24, 2.45) is 5.10 Å². The number of hydrogen-bond acceptors (Lipinski definition) is 6. The molecule has 2 heterocycles. The van der Waals surface area contributed by atoms with E-state index in [1.54, 1.807) is 12.4 Å². The molecule has 1 aliphatic heterocycles. The molecule has 2 N–H and O–H groups in total. The molecule has 0 aliphatic carbocycles. The highest BCUT2D eigenvalue weighted by Gasteiger charge is 2.24.